The third-order valence-electron chi connectivity index (χ3n) is 5.15. The van der Waals surface area contributed by atoms with Crippen molar-refractivity contribution in [3.05, 3.63) is 88.0 Å². The van der Waals surface area contributed by atoms with Crippen molar-refractivity contribution in [1.82, 2.24) is 0 Å². The molecule has 33 heavy (non-hydrogen) atoms. The predicted octanol–water partition coefficient (Wildman–Crippen LogP) is 4.82. The molecule has 0 spiro atoms. The second kappa shape index (κ2) is 11.2. The van der Waals surface area contributed by atoms with E-state index in [2.05, 4.69) is 0 Å². The average Bonchev–Trinajstić information content (AvgIpc) is 3.17. The van der Waals surface area contributed by atoms with Crippen LogP contribution >= 0.6 is 0 Å². The molecule has 0 aliphatic carbocycles. The molecule has 176 valence electrons. The van der Waals surface area contributed by atoms with Gasteiger partial charge in [-0.3, -0.25) is 10.1 Å². The number of carbonyl (C=O) groups is 1. The molecule has 8 heteroatoms. The Labute approximate surface area is 193 Å². The Kier molecular flexibility index (Phi) is 8.32. The van der Waals surface area contributed by atoms with E-state index in [4.69, 9.17) is 18.9 Å². The van der Waals surface area contributed by atoms with Gasteiger partial charge in [0.25, 0.3) is 5.69 Å². The van der Waals surface area contributed by atoms with E-state index in [1.54, 1.807) is 13.8 Å². The lowest BCUT2D eigenvalue weighted by Crippen LogP contribution is -2.34. The van der Waals surface area contributed by atoms with E-state index in [0.29, 0.717) is 19.6 Å². The molecule has 0 N–H and O–H groups in total. The maximum Gasteiger partial charge on any atom is 0.338 e. The predicted molar refractivity (Wildman–Crippen MR) is 122 cm³/mol. The minimum Gasteiger partial charge on any atom is -0.456 e. The molecule has 8 nitrogen and oxygen atoms in total. The lowest BCUT2D eigenvalue weighted by molar-refractivity contribution is -0.384. The molecule has 3 rings (SSSR count). The lowest BCUT2D eigenvalue weighted by Gasteiger charge is -2.23. The highest BCUT2D eigenvalue weighted by Gasteiger charge is 2.38. The summed E-state index contributed by atoms with van der Waals surface area (Å²) >= 11 is 0. The summed E-state index contributed by atoms with van der Waals surface area (Å²) in [5.41, 5.74) is 1.23. The summed E-state index contributed by atoms with van der Waals surface area (Å²) in [7, 11) is 0. The summed E-state index contributed by atoms with van der Waals surface area (Å²) in [4.78, 5) is 23.0. The van der Waals surface area contributed by atoms with Crippen LogP contribution in [0.1, 0.15) is 43.1 Å². The number of benzene rings is 2. The zero-order valence-corrected chi connectivity index (χ0v) is 19.0. The van der Waals surface area contributed by atoms with Gasteiger partial charge < -0.3 is 18.9 Å². The third-order valence-corrected chi connectivity index (χ3v) is 5.15. The highest BCUT2D eigenvalue weighted by molar-refractivity contribution is 5.89. The summed E-state index contributed by atoms with van der Waals surface area (Å²) in [6, 6.07) is 15.2. The van der Waals surface area contributed by atoms with Crippen molar-refractivity contribution in [2.24, 2.45) is 0 Å². The van der Waals surface area contributed by atoms with Crippen molar-refractivity contribution in [3.63, 3.8) is 0 Å². The molecule has 1 aliphatic heterocycles. The Morgan fingerprint density at radius 2 is 1.91 bits per heavy atom. The number of nitro benzene ring substituents is 1. The largest absolute Gasteiger partial charge is 0.456 e. The second-order valence-corrected chi connectivity index (χ2v) is 8.28. The first-order chi connectivity index (χ1) is 15.7. The van der Waals surface area contributed by atoms with E-state index in [9.17, 15) is 14.9 Å². The van der Waals surface area contributed by atoms with Crippen LogP contribution in [0.15, 0.2) is 66.7 Å². The van der Waals surface area contributed by atoms with Gasteiger partial charge in [-0.1, -0.05) is 42.5 Å². The van der Waals surface area contributed by atoms with E-state index in [0.717, 1.165) is 5.56 Å². The minimum absolute atomic E-state index is 0.0928. The Bertz CT molecular complexity index is 956. The Morgan fingerprint density at radius 1 is 1.21 bits per heavy atom. The Hall–Kier alpha value is -3.07. The van der Waals surface area contributed by atoms with Crippen molar-refractivity contribution in [2.45, 2.75) is 57.9 Å². The summed E-state index contributed by atoms with van der Waals surface area (Å²) < 4.78 is 23.1. The number of hydrogen-bond acceptors (Lipinski definition) is 7. The molecule has 1 saturated heterocycles. The van der Waals surface area contributed by atoms with Crippen molar-refractivity contribution >= 4 is 11.7 Å². The van der Waals surface area contributed by atoms with Gasteiger partial charge in [0.15, 0.2) is 5.79 Å². The Balaban J connectivity index is 1.61. The number of carbonyl (C=O) groups excluding carboxylic acids is 1. The summed E-state index contributed by atoms with van der Waals surface area (Å²) in [6.07, 6.45) is 3.06. The molecule has 0 radical (unpaired) electrons. The van der Waals surface area contributed by atoms with Crippen LogP contribution in [0.5, 0.6) is 0 Å². The molecule has 2 aromatic rings. The van der Waals surface area contributed by atoms with Gasteiger partial charge >= 0.3 is 5.97 Å². The summed E-state index contributed by atoms with van der Waals surface area (Å²) in [5.74, 6) is -1.34. The molecule has 0 aromatic heterocycles. The molecular weight excluding hydrogens is 426 g/mol. The number of hydrogen-bond donors (Lipinski definition) is 0. The van der Waals surface area contributed by atoms with Crippen LogP contribution in [0.2, 0.25) is 0 Å². The lowest BCUT2D eigenvalue weighted by atomic mass is 10.1. The van der Waals surface area contributed by atoms with E-state index in [-0.39, 0.29) is 17.4 Å². The van der Waals surface area contributed by atoms with Crippen LogP contribution < -0.4 is 0 Å². The SMILES string of the molecule is C[C@@H](/C=C\C[C@H](OC(=O)c1ccc([N+](=O)[O-])cc1)[C@H]1COC(C)(C)O1)OCc1ccccc1. The highest BCUT2D eigenvalue weighted by atomic mass is 16.8. The van der Waals surface area contributed by atoms with Crippen molar-refractivity contribution in [2.75, 3.05) is 6.61 Å². The normalized spacial score (nSPS) is 19.3. The molecule has 0 saturated carbocycles. The number of non-ortho nitro benzene ring substituents is 1. The van der Waals surface area contributed by atoms with E-state index < -0.39 is 28.9 Å². The first kappa shape index (κ1) is 24.6. The van der Waals surface area contributed by atoms with Crippen LogP contribution in [-0.4, -0.2) is 41.6 Å². The van der Waals surface area contributed by atoms with Crippen LogP contribution in [0.25, 0.3) is 0 Å². The Morgan fingerprint density at radius 3 is 2.52 bits per heavy atom. The molecule has 1 aliphatic rings. The van der Waals surface area contributed by atoms with Gasteiger partial charge in [0, 0.05) is 18.6 Å². The van der Waals surface area contributed by atoms with Gasteiger partial charge in [0.2, 0.25) is 0 Å². The smallest absolute Gasteiger partial charge is 0.338 e. The number of rotatable bonds is 10. The quantitative estimate of drug-likeness (QED) is 0.219. The number of nitro groups is 1. The topological polar surface area (TPSA) is 97.1 Å². The zero-order chi connectivity index (χ0) is 23.8. The third kappa shape index (κ3) is 7.49. The number of esters is 1. The van der Waals surface area contributed by atoms with Gasteiger partial charge in [-0.05, 0) is 38.5 Å². The van der Waals surface area contributed by atoms with E-state index in [1.807, 2.05) is 49.4 Å². The average molecular weight is 456 g/mol. The first-order valence-electron chi connectivity index (χ1n) is 10.8. The summed E-state index contributed by atoms with van der Waals surface area (Å²) in [5, 5.41) is 10.8. The van der Waals surface area contributed by atoms with Crippen molar-refractivity contribution in [3.8, 4) is 0 Å². The molecule has 3 atom stereocenters. The fourth-order valence-electron chi connectivity index (χ4n) is 3.36. The van der Waals surface area contributed by atoms with Crippen LogP contribution in [0.4, 0.5) is 5.69 Å². The number of ether oxygens (including phenoxy) is 4. The van der Waals surface area contributed by atoms with Crippen molar-refractivity contribution < 1.29 is 28.7 Å². The maximum absolute atomic E-state index is 12.7. The second-order valence-electron chi connectivity index (χ2n) is 8.28. The van der Waals surface area contributed by atoms with Crippen LogP contribution in [0.3, 0.4) is 0 Å². The molecule has 0 bridgehead atoms. The van der Waals surface area contributed by atoms with Crippen LogP contribution in [0, 0.1) is 10.1 Å². The minimum atomic E-state index is -0.765. The summed E-state index contributed by atoms with van der Waals surface area (Å²) in [6.45, 7) is 6.34. The van der Waals surface area contributed by atoms with E-state index in [1.165, 1.54) is 24.3 Å². The van der Waals surface area contributed by atoms with Crippen LogP contribution in [-0.2, 0) is 25.6 Å². The standard InChI is InChI=1S/C25H29NO7/c1-18(30-16-19-9-5-4-6-10-19)8-7-11-22(23-17-31-25(2,3)33-23)32-24(27)20-12-14-21(15-13-20)26(28)29/h4-10,12-15,18,22-23H,11,16-17H2,1-3H3/b8-7-/t18-,22-,23+/m0/s1. The molecule has 1 heterocycles. The van der Waals surface area contributed by atoms with Gasteiger partial charge in [-0.15, -0.1) is 0 Å². The fraction of sp³-hybridized carbons (Fsp3) is 0.400. The molecule has 1 fully saturated rings. The fourth-order valence-corrected chi connectivity index (χ4v) is 3.36. The van der Waals surface area contributed by atoms with Gasteiger partial charge in [-0.25, -0.2) is 4.79 Å². The zero-order valence-electron chi connectivity index (χ0n) is 19.0. The molecule has 0 unspecified atom stereocenters. The van der Waals surface area contributed by atoms with E-state index >= 15 is 0 Å². The number of nitrogens with zero attached hydrogens (tertiary/aromatic N) is 1. The first-order valence-corrected chi connectivity index (χ1v) is 10.8. The molecular formula is C25H29NO7. The molecule has 2 aromatic carbocycles. The van der Waals surface area contributed by atoms with Gasteiger partial charge in [-0.2, -0.15) is 0 Å². The monoisotopic (exact) mass is 455 g/mol. The van der Waals surface area contributed by atoms with Gasteiger partial charge in [0.1, 0.15) is 12.2 Å². The van der Waals surface area contributed by atoms with Crippen molar-refractivity contribution in [1.29, 1.82) is 0 Å². The maximum atomic E-state index is 12.7. The highest BCUT2D eigenvalue weighted by Crippen LogP contribution is 2.27. The molecule has 0 amide bonds. The van der Waals surface area contributed by atoms with Gasteiger partial charge in [0.05, 0.1) is 29.8 Å².